The lowest BCUT2D eigenvalue weighted by Gasteiger charge is -2.29. The van der Waals surface area contributed by atoms with Gasteiger partial charge in [0.2, 0.25) is 5.91 Å². The van der Waals surface area contributed by atoms with E-state index in [4.69, 9.17) is 4.42 Å². The number of hydrogen-bond acceptors (Lipinski definition) is 4. The largest absolute Gasteiger partial charge is 0.460 e. The van der Waals surface area contributed by atoms with E-state index in [2.05, 4.69) is 17.3 Å². The number of carbonyl (C=O) groups is 1. The van der Waals surface area contributed by atoms with Gasteiger partial charge in [0, 0.05) is 18.2 Å². The fourth-order valence-electron chi connectivity index (χ4n) is 4.04. The molecular weight excluding hydrogens is 332 g/mol. The van der Waals surface area contributed by atoms with E-state index in [1.165, 1.54) is 11.1 Å². The van der Waals surface area contributed by atoms with Crippen LogP contribution in [0.2, 0.25) is 0 Å². The third kappa shape index (κ3) is 2.81. The van der Waals surface area contributed by atoms with E-state index in [0.29, 0.717) is 22.8 Å². The Morgan fingerprint density at radius 1 is 1.27 bits per heavy atom. The standard InChI is InChI=1S/C19H24N4O3/c1-11-6-4-5-7-14(11)20-18(24)10-22-19(25)16-9-17-15(8-12(2)26-17)23(16)13(3)21-22/h8-9,11,14H,4-7,10H2,1-3H3,(H,20,24)/t11-,14-/m0/s1. The minimum atomic E-state index is -0.286. The van der Waals surface area contributed by atoms with E-state index in [0.717, 1.165) is 30.5 Å². The van der Waals surface area contributed by atoms with Gasteiger partial charge in [0.25, 0.3) is 5.56 Å². The molecule has 7 nitrogen and oxygen atoms in total. The molecule has 1 saturated carbocycles. The first kappa shape index (κ1) is 16.9. The first-order valence-corrected chi connectivity index (χ1v) is 9.22. The highest BCUT2D eigenvalue weighted by atomic mass is 16.3. The highest BCUT2D eigenvalue weighted by Gasteiger charge is 2.23. The van der Waals surface area contributed by atoms with E-state index in [1.54, 1.807) is 10.5 Å². The highest BCUT2D eigenvalue weighted by molar-refractivity contribution is 5.83. The summed E-state index contributed by atoms with van der Waals surface area (Å²) in [5.74, 6) is 1.75. The van der Waals surface area contributed by atoms with E-state index in [1.807, 2.05) is 19.9 Å². The summed E-state index contributed by atoms with van der Waals surface area (Å²) >= 11 is 0. The van der Waals surface area contributed by atoms with Gasteiger partial charge in [-0.2, -0.15) is 5.10 Å². The van der Waals surface area contributed by atoms with Crippen LogP contribution in [0.15, 0.2) is 21.3 Å². The average Bonchev–Trinajstić information content (AvgIpc) is 3.10. The zero-order valence-electron chi connectivity index (χ0n) is 15.4. The highest BCUT2D eigenvalue weighted by Crippen LogP contribution is 2.24. The molecule has 3 aromatic rings. The molecule has 1 fully saturated rings. The van der Waals surface area contributed by atoms with Crippen LogP contribution in [0.4, 0.5) is 0 Å². The van der Waals surface area contributed by atoms with Crippen molar-refractivity contribution in [3.05, 3.63) is 34.1 Å². The summed E-state index contributed by atoms with van der Waals surface area (Å²) in [5, 5.41) is 7.43. The number of aryl methyl sites for hydroxylation is 2. The Balaban J connectivity index is 1.63. The summed E-state index contributed by atoms with van der Waals surface area (Å²) < 4.78 is 8.65. The first-order chi connectivity index (χ1) is 12.4. The van der Waals surface area contributed by atoms with Crippen LogP contribution in [-0.4, -0.2) is 26.1 Å². The van der Waals surface area contributed by atoms with Crippen LogP contribution < -0.4 is 10.9 Å². The smallest absolute Gasteiger partial charge is 0.291 e. The van der Waals surface area contributed by atoms with Gasteiger partial charge in [0.1, 0.15) is 23.6 Å². The molecule has 7 heteroatoms. The number of furan rings is 1. The zero-order chi connectivity index (χ0) is 18.4. The van der Waals surface area contributed by atoms with Gasteiger partial charge in [-0.3, -0.25) is 14.0 Å². The molecule has 0 aliphatic heterocycles. The maximum absolute atomic E-state index is 12.8. The van der Waals surface area contributed by atoms with Crippen molar-refractivity contribution in [2.75, 3.05) is 0 Å². The number of aromatic nitrogens is 3. The molecule has 0 aromatic carbocycles. The van der Waals surface area contributed by atoms with Crippen LogP contribution in [0, 0.1) is 19.8 Å². The van der Waals surface area contributed by atoms with Crippen molar-refractivity contribution in [1.29, 1.82) is 0 Å². The lowest BCUT2D eigenvalue weighted by Crippen LogP contribution is -2.44. The Kier molecular flexibility index (Phi) is 4.09. The molecule has 0 bridgehead atoms. The molecule has 0 saturated heterocycles. The predicted molar refractivity (Wildman–Crippen MR) is 98.3 cm³/mol. The molecule has 0 unspecified atom stereocenters. The number of fused-ring (bicyclic) bond motifs is 3. The first-order valence-electron chi connectivity index (χ1n) is 9.22. The van der Waals surface area contributed by atoms with Gasteiger partial charge in [0.05, 0.1) is 5.52 Å². The SMILES string of the molecule is Cc1cc2c(cc3c(=O)n(CC(=O)N[C@H]4CCCC[C@@H]4C)nc(C)n32)o1. The molecule has 4 rings (SSSR count). The maximum Gasteiger partial charge on any atom is 0.291 e. The topological polar surface area (TPSA) is 81.5 Å². The van der Waals surface area contributed by atoms with Gasteiger partial charge in [-0.1, -0.05) is 19.8 Å². The Labute approximate surface area is 151 Å². The Bertz CT molecular complexity index is 1040. The molecule has 1 amide bonds. The van der Waals surface area contributed by atoms with Gasteiger partial charge in [-0.25, -0.2) is 4.68 Å². The summed E-state index contributed by atoms with van der Waals surface area (Å²) in [6, 6.07) is 3.80. The summed E-state index contributed by atoms with van der Waals surface area (Å²) in [6.07, 6.45) is 4.50. The second-order valence-electron chi connectivity index (χ2n) is 7.42. The van der Waals surface area contributed by atoms with Gasteiger partial charge >= 0.3 is 0 Å². The van der Waals surface area contributed by atoms with E-state index in [9.17, 15) is 9.59 Å². The summed E-state index contributed by atoms with van der Waals surface area (Å²) in [5.41, 5.74) is 1.67. The minimum Gasteiger partial charge on any atom is -0.460 e. The summed E-state index contributed by atoms with van der Waals surface area (Å²) in [7, 11) is 0. The van der Waals surface area contributed by atoms with Crippen molar-refractivity contribution in [3.8, 4) is 0 Å². The number of carbonyl (C=O) groups excluding carboxylic acids is 1. The van der Waals surface area contributed by atoms with Crippen LogP contribution in [0.3, 0.4) is 0 Å². The lowest BCUT2D eigenvalue weighted by molar-refractivity contribution is -0.123. The molecule has 2 atom stereocenters. The van der Waals surface area contributed by atoms with Crippen molar-refractivity contribution < 1.29 is 9.21 Å². The van der Waals surface area contributed by atoms with Crippen LogP contribution in [0.25, 0.3) is 16.6 Å². The number of amides is 1. The molecule has 0 radical (unpaired) electrons. The number of rotatable bonds is 3. The summed E-state index contributed by atoms with van der Waals surface area (Å²) in [4.78, 5) is 25.2. The summed E-state index contributed by atoms with van der Waals surface area (Å²) in [6.45, 7) is 5.80. The van der Waals surface area contributed by atoms with E-state index in [-0.39, 0.29) is 24.1 Å². The Morgan fingerprint density at radius 2 is 2.04 bits per heavy atom. The Hall–Kier alpha value is -2.57. The predicted octanol–water partition coefficient (Wildman–Crippen LogP) is 2.55. The van der Waals surface area contributed by atoms with Crippen LogP contribution >= 0.6 is 0 Å². The molecule has 0 spiro atoms. The third-order valence-electron chi connectivity index (χ3n) is 5.41. The number of nitrogens with one attached hydrogen (secondary N) is 1. The monoisotopic (exact) mass is 356 g/mol. The Morgan fingerprint density at radius 3 is 2.81 bits per heavy atom. The molecule has 1 N–H and O–H groups in total. The molecule has 1 aliphatic carbocycles. The zero-order valence-corrected chi connectivity index (χ0v) is 15.4. The minimum absolute atomic E-state index is 0.0645. The van der Waals surface area contributed by atoms with Crippen molar-refractivity contribution in [1.82, 2.24) is 19.5 Å². The normalized spacial score (nSPS) is 20.7. The van der Waals surface area contributed by atoms with Crippen molar-refractivity contribution >= 4 is 22.5 Å². The fraction of sp³-hybridized carbons (Fsp3) is 0.526. The second-order valence-corrected chi connectivity index (χ2v) is 7.42. The fourth-order valence-corrected chi connectivity index (χ4v) is 4.04. The number of nitrogens with zero attached hydrogens (tertiary/aromatic N) is 3. The van der Waals surface area contributed by atoms with Crippen LogP contribution in [-0.2, 0) is 11.3 Å². The molecule has 138 valence electrons. The van der Waals surface area contributed by atoms with Gasteiger partial charge < -0.3 is 9.73 Å². The maximum atomic E-state index is 12.8. The average molecular weight is 356 g/mol. The van der Waals surface area contributed by atoms with E-state index < -0.39 is 0 Å². The van der Waals surface area contributed by atoms with Gasteiger partial charge in [-0.15, -0.1) is 0 Å². The lowest BCUT2D eigenvalue weighted by atomic mass is 9.86. The van der Waals surface area contributed by atoms with Crippen LogP contribution in [0.5, 0.6) is 0 Å². The van der Waals surface area contributed by atoms with Gasteiger partial charge in [-0.05, 0) is 32.6 Å². The molecule has 1 aliphatic rings. The van der Waals surface area contributed by atoms with Crippen molar-refractivity contribution in [2.45, 2.75) is 59.0 Å². The second kappa shape index (κ2) is 6.30. The molecule has 3 heterocycles. The van der Waals surface area contributed by atoms with E-state index >= 15 is 0 Å². The quantitative estimate of drug-likeness (QED) is 0.782. The molecule has 26 heavy (non-hydrogen) atoms. The molecule has 3 aromatic heterocycles. The van der Waals surface area contributed by atoms with Crippen molar-refractivity contribution in [3.63, 3.8) is 0 Å². The molecular formula is C19H24N4O3. The third-order valence-corrected chi connectivity index (χ3v) is 5.41. The van der Waals surface area contributed by atoms with Crippen molar-refractivity contribution in [2.24, 2.45) is 5.92 Å². The van der Waals surface area contributed by atoms with Crippen LogP contribution in [0.1, 0.15) is 44.2 Å². The number of hydrogen-bond donors (Lipinski definition) is 1. The van der Waals surface area contributed by atoms with Gasteiger partial charge in [0.15, 0.2) is 5.58 Å².